The number of quaternary nitrogens is 1. The largest absolute Gasteiger partial charge is 0.481 e. The topological polar surface area (TPSA) is 37.3 Å². The number of rotatable bonds is 8. The number of carbonyl (C=O) groups is 1. The second kappa shape index (κ2) is 6.82. The van der Waals surface area contributed by atoms with Crippen LogP contribution in [0.3, 0.4) is 0 Å². The number of carboxylic acid groups (broad SMARTS) is 1. The lowest BCUT2D eigenvalue weighted by molar-refractivity contribution is -0.890. The highest BCUT2D eigenvalue weighted by Gasteiger charge is 2.12. The van der Waals surface area contributed by atoms with Crippen LogP contribution in [0.25, 0.3) is 0 Å². The summed E-state index contributed by atoms with van der Waals surface area (Å²) in [6.07, 6.45) is 4.53. The van der Waals surface area contributed by atoms with E-state index < -0.39 is 5.97 Å². The summed E-state index contributed by atoms with van der Waals surface area (Å²) in [7, 11) is 4.47. The average molecular weight is 202 g/mol. The molecule has 0 amide bonds. The van der Waals surface area contributed by atoms with E-state index in [9.17, 15) is 4.79 Å². The van der Waals surface area contributed by atoms with E-state index in [1.165, 1.54) is 13.0 Å². The first-order valence-electron chi connectivity index (χ1n) is 5.52. The summed E-state index contributed by atoms with van der Waals surface area (Å²) in [4.78, 5) is 10.3. The predicted octanol–water partition coefficient (Wildman–Crippen LogP) is 2.12. The summed E-state index contributed by atoms with van der Waals surface area (Å²) >= 11 is 0. The quantitative estimate of drug-likeness (QED) is 0.483. The van der Waals surface area contributed by atoms with Crippen LogP contribution in [-0.2, 0) is 4.79 Å². The average Bonchev–Trinajstić information content (AvgIpc) is 2.02. The Morgan fingerprint density at radius 1 is 1.14 bits per heavy atom. The second-order valence-corrected chi connectivity index (χ2v) is 4.59. The van der Waals surface area contributed by atoms with E-state index in [2.05, 4.69) is 21.0 Å². The van der Waals surface area contributed by atoms with Crippen molar-refractivity contribution in [3.63, 3.8) is 0 Å². The Balaban J connectivity index is 3.39. The van der Waals surface area contributed by atoms with Gasteiger partial charge in [0.05, 0.1) is 27.2 Å². The minimum Gasteiger partial charge on any atom is -0.481 e. The van der Waals surface area contributed by atoms with Crippen molar-refractivity contribution in [3.8, 4) is 0 Å². The number of unbranched alkanes of at least 4 members (excludes halogenated alkanes) is 2. The van der Waals surface area contributed by atoms with Crippen LogP contribution in [0.4, 0.5) is 0 Å². The molecule has 0 bridgehead atoms. The summed E-state index contributed by atoms with van der Waals surface area (Å²) in [6.45, 7) is 4.57. The molecular weight excluding hydrogens is 178 g/mol. The van der Waals surface area contributed by atoms with Crippen LogP contribution in [-0.4, -0.2) is 42.7 Å². The first kappa shape index (κ1) is 13.4. The van der Waals surface area contributed by atoms with Gasteiger partial charge in [0.15, 0.2) is 0 Å². The van der Waals surface area contributed by atoms with Crippen molar-refractivity contribution in [3.05, 3.63) is 0 Å². The van der Waals surface area contributed by atoms with Crippen molar-refractivity contribution < 1.29 is 14.4 Å². The van der Waals surface area contributed by atoms with Gasteiger partial charge < -0.3 is 9.59 Å². The third-order valence-electron chi connectivity index (χ3n) is 2.48. The van der Waals surface area contributed by atoms with Crippen LogP contribution in [0.1, 0.15) is 39.0 Å². The number of hydrogen-bond acceptors (Lipinski definition) is 1. The Morgan fingerprint density at radius 2 is 1.79 bits per heavy atom. The van der Waals surface area contributed by atoms with Gasteiger partial charge in [-0.25, -0.2) is 0 Å². The van der Waals surface area contributed by atoms with Crippen molar-refractivity contribution in [2.24, 2.45) is 0 Å². The molecule has 0 aliphatic carbocycles. The molecule has 0 aromatic carbocycles. The summed E-state index contributed by atoms with van der Waals surface area (Å²) in [5.41, 5.74) is 0. The van der Waals surface area contributed by atoms with Gasteiger partial charge in [-0.05, 0) is 25.7 Å². The molecule has 14 heavy (non-hydrogen) atoms. The van der Waals surface area contributed by atoms with Gasteiger partial charge in [-0.15, -0.1) is 0 Å². The molecule has 0 radical (unpaired) electrons. The van der Waals surface area contributed by atoms with Gasteiger partial charge in [0.2, 0.25) is 0 Å². The van der Waals surface area contributed by atoms with Gasteiger partial charge in [0, 0.05) is 6.42 Å². The maximum Gasteiger partial charge on any atom is 0.303 e. The Kier molecular flexibility index (Phi) is 6.54. The molecule has 1 N–H and O–H groups in total. The molecule has 0 aromatic heterocycles. The van der Waals surface area contributed by atoms with Crippen LogP contribution < -0.4 is 0 Å². The molecule has 3 nitrogen and oxygen atoms in total. The molecular formula is C11H24NO2+. The van der Waals surface area contributed by atoms with E-state index >= 15 is 0 Å². The number of carboxylic acids is 1. The van der Waals surface area contributed by atoms with Crippen LogP contribution in [0.15, 0.2) is 0 Å². The summed E-state index contributed by atoms with van der Waals surface area (Å²) in [5.74, 6) is -0.674. The molecule has 0 rings (SSSR count). The molecule has 0 aliphatic heterocycles. The maximum atomic E-state index is 10.3. The molecule has 0 spiro atoms. The normalized spacial score (nSPS) is 11.6. The zero-order valence-electron chi connectivity index (χ0n) is 9.75. The maximum absolute atomic E-state index is 10.3. The predicted molar refractivity (Wildman–Crippen MR) is 58.2 cm³/mol. The molecule has 3 heteroatoms. The highest BCUT2D eigenvalue weighted by molar-refractivity contribution is 5.66. The SMILES string of the molecule is CCC[N+](C)(C)CCCCCC(=O)O. The Morgan fingerprint density at radius 3 is 2.29 bits per heavy atom. The van der Waals surface area contributed by atoms with Crippen LogP contribution >= 0.6 is 0 Å². The van der Waals surface area contributed by atoms with Gasteiger partial charge in [-0.2, -0.15) is 0 Å². The van der Waals surface area contributed by atoms with E-state index in [-0.39, 0.29) is 0 Å². The number of nitrogens with zero attached hydrogens (tertiary/aromatic N) is 1. The van der Waals surface area contributed by atoms with E-state index in [0.29, 0.717) is 6.42 Å². The zero-order valence-corrected chi connectivity index (χ0v) is 9.75. The highest BCUT2D eigenvalue weighted by atomic mass is 16.4. The van der Waals surface area contributed by atoms with Crippen molar-refractivity contribution in [1.82, 2.24) is 0 Å². The monoisotopic (exact) mass is 202 g/mol. The van der Waals surface area contributed by atoms with Crippen molar-refractivity contribution >= 4 is 5.97 Å². The Bertz CT molecular complexity index is 167. The second-order valence-electron chi connectivity index (χ2n) is 4.59. The van der Waals surface area contributed by atoms with E-state index in [1.807, 2.05) is 0 Å². The molecule has 0 saturated heterocycles. The lowest BCUT2D eigenvalue weighted by atomic mass is 10.2. The van der Waals surface area contributed by atoms with Gasteiger partial charge in [-0.1, -0.05) is 6.92 Å². The molecule has 0 aromatic rings. The van der Waals surface area contributed by atoms with Crippen LogP contribution in [0.5, 0.6) is 0 Å². The number of aliphatic carboxylic acids is 1. The highest BCUT2D eigenvalue weighted by Crippen LogP contribution is 2.06. The Labute approximate surface area is 87.3 Å². The van der Waals surface area contributed by atoms with Gasteiger partial charge >= 0.3 is 5.97 Å². The van der Waals surface area contributed by atoms with Gasteiger partial charge in [-0.3, -0.25) is 4.79 Å². The minimum absolute atomic E-state index is 0.321. The van der Waals surface area contributed by atoms with E-state index in [1.54, 1.807) is 0 Å². The summed E-state index contributed by atoms with van der Waals surface area (Å²) in [6, 6.07) is 0. The minimum atomic E-state index is -0.674. The van der Waals surface area contributed by atoms with Crippen molar-refractivity contribution in [1.29, 1.82) is 0 Å². The number of hydrogen-bond donors (Lipinski definition) is 1. The van der Waals surface area contributed by atoms with Crippen LogP contribution in [0.2, 0.25) is 0 Å². The Hall–Kier alpha value is -0.570. The summed E-state index contributed by atoms with van der Waals surface area (Å²) < 4.78 is 1.06. The summed E-state index contributed by atoms with van der Waals surface area (Å²) in [5, 5.41) is 8.45. The standard InChI is InChI=1S/C11H23NO2/c1-4-9-12(2,3)10-7-5-6-8-11(13)14/h4-10H2,1-3H3/p+1. The molecule has 0 fully saturated rings. The lowest BCUT2D eigenvalue weighted by Crippen LogP contribution is -2.40. The fraction of sp³-hybridized carbons (Fsp3) is 0.909. The first-order valence-corrected chi connectivity index (χ1v) is 5.52. The molecule has 0 heterocycles. The van der Waals surface area contributed by atoms with Crippen LogP contribution in [0, 0.1) is 0 Å². The van der Waals surface area contributed by atoms with Crippen molar-refractivity contribution in [2.75, 3.05) is 27.2 Å². The third kappa shape index (κ3) is 8.05. The smallest absolute Gasteiger partial charge is 0.303 e. The third-order valence-corrected chi connectivity index (χ3v) is 2.48. The van der Waals surface area contributed by atoms with E-state index in [0.717, 1.165) is 30.3 Å². The van der Waals surface area contributed by atoms with Crippen molar-refractivity contribution in [2.45, 2.75) is 39.0 Å². The van der Waals surface area contributed by atoms with Gasteiger partial charge in [0.25, 0.3) is 0 Å². The first-order chi connectivity index (χ1) is 6.48. The zero-order chi connectivity index (χ0) is 11.0. The molecule has 0 aliphatic rings. The van der Waals surface area contributed by atoms with E-state index in [4.69, 9.17) is 5.11 Å². The molecule has 84 valence electrons. The lowest BCUT2D eigenvalue weighted by Gasteiger charge is -2.29. The molecule has 0 saturated carbocycles. The van der Waals surface area contributed by atoms with Gasteiger partial charge in [0.1, 0.15) is 0 Å². The fourth-order valence-corrected chi connectivity index (χ4v) is 1.71. The molecule has 0 unspecified atom stereocenters. The fourth-order valence-electron chi connectivity index (χ4n) is 1.71. The molecule has 0 atom stereocenters.